The number of halogens is 2. The molecule has 0 amide bonds. The maximum absolute atomic E-state index is 5.32. The van der Waals surface area contributed by atoms with E-state index in [1.807, 2.05) is 0 Å². The Morgan fingerprint density at radius 3 is 1.80 bits per heavy atom. The maximum atomic E-state index is 5.32. The standard InChI is InChI=1S/C4H10BCl2NO2/c6-1-3-9-5(8)10-4-2-7/h1-4,8H2. The van der Waals surface area contributed by atoms with Crippen LogP contribution in [0.2, 0.25) is 0 Å². The predicted molar refractivity (Wildman–Crippen MR) is 43.3 cm³/mol. The minimum Gasteiger partial charge on any atom is -0.396 e. The zero-order valence-electron chi connectivity index (χ0n) is 5.56. The average molecular weight is 186 g/mol. The molecular weight excluding hydrogens is 176 g/mol. The largest absolute Gasteiger partial charge is 0.551 e. The summed E-state index contributed by atoms with van der Waals surface area (Å²) >= 11 is 10.6. The Balaban J connectivity index is 3.00. The monoisotopic (exact) mass is 185 g/mol. The summed E-state index contributed by atoms with van der Waals surface area (Å²) in [4.78, 5) is 0. The quantitative estimate of drug-likeness (QED) is 0.483. The first kappa shape index (κ1) is 10.5. The Morgan fingerprint density at radius 2 is 1.50 bits per heavy atom. The Hall–Kier alpha value is 0.525. The van der Waals surface area contributed by atoms with Crippen LogP contribution in [0, 0.1) is 0 Å². The molecule has 0 fully saturated rings. The number of hydrogen-bond donors (Lipinski definition) is 1. The van der Waals surface area contributed by atoms with Crippen molar-refractivity contribution in [2.75, 3.05) is 25.0 Å². The summed E-state index contributed by atoms with van der Waals surface area (Å²) in [6.07, 6.45) is 0. The first-order chi connectivity index (χ1) is 4.81. The summed E-state index contributed by atoms with van der Waals surface area (Å²) in [6.45, 7) is 0.788. The molecule has 0 aromatic carbocycles. The van der Waals surface area contributed by atoms with Crippen LogP contribution in [0.3, 0.4) is 0 Å². The molecule has 0 aromatic rings. The fraction of sp³-hybridized carbons (Fsp3) is 1.00. The average Bonchev–Trinajstić information content (AvgIpc) is 1.97. The lowest BCUT2D eigenvalue weighted by molar-refractivity contribution is 0.217. The van der Waals surface area contributed by atoms with Crippen molar-refractivity contribution >= 4 is 30.5 Å². The number of hydrogen-bond acceptors (Lipinski definition) is 3. The van der Waals surface area contributed by atoms with Crippen LogP contribution in [0.25, 0.3) is 0 Å². The smallest absolute Gasteiger partial charge is 0.396 e. The van der Waals surface area contributed by atoms with Crippen LogP contribution in [0.4, 0.5) is 0 Å². The van der Waals surface area contributed by atoms with E-state index in [1.165, 1.54) is 0 Å². The van der Waals surface area contributed by atoms with Gasteiger partial charge in [0.2, 0.25) is 0 Å². The van der Waals surface area contributed by atoms with E-state index in [0.29, 0.717) is 25.0 Å². The number of nitrogens with two attached hydrogens (primary N) is 1. The second-order valence-corrected chi connectivity index (χ2v) is 2.24. The van der Waals surface area contributed by atoms with E-state index in [0.717, 1.165) is 0 Å². The summed E-state index contributed by atoms with van der Waals surface area (Å²) in [5.41, 5.74) is 5.28. The van der Waals surface area contributed by atoms with Gasteiger partial charge >= 0.3 is 7.25 Å². The summed E-state index contributed by atoms with van der Waals surface area (Å²) in [6, 6.07) is 0. The third-order valence-corrected chi connectivity index (χ3v) is 1.03. The summed E-state index contributed by atoms with van der Waals surface area (Å²) in [5, 5.41) is 0. The van der Waals surface area contributed by atoms with E-state index >= 15 is 0 Å². The van der Waals surface area contributed by atoms with Gasteiger partial charge in [0.25, 0.3) is 0 Å². The van der Waals surface area contributed by atoms with Gasteiger partial charge in [-0.1, -0.05) is 0 Å². The van der Waals surface area contributed by atoms with Crippen molar-refractivity contribution in [3.05, 3.63) is 0 Å². The van der Waals surface area contributed by atoms with Crippen LogP contribution < -0.4 is 5.64 Å². The second kappa shape index (κ2) is 7.63. The molecule has 2 N–H and O–H groups in total. The third kappa shape index (κ3) is 6.64. The highest BCUT2D eigenvalue weighted by molar-refractivity contribution is 6.40. The zero-order chi connectivity index (χ0) is 7.82. The first-order valence-electron chi connectivity index (χ1n) is 2.92. The molecule has 10 heavy (non-hydrogen) atoms. The van der Waals surface area contributed by atoms with Crippen LogP contribution in [0.1, 0.15) is 0 Å². The molecule has 0 unspecified atom stereocenters. The van der Waals surface area contributed by atoms with E-state index in [2.05, 4.69) is 0 Å². The molecule has 0 saturated carbocycles. The van der Waals surface area contributed by atoms with Gasteiger partial charge in [0.1, 0.15) is 0 Å². The van der Waals surface area contributed by atoms with Crippen molar-refractivity contribution in [3.8, 4) is 0 Å². The normalized spacial score (nSPS) is 9.90. The Morgan fingerprint density at radius 1 is 1.10 bits per heavy atom. The second-order valence-electron chi connectivity index (χ2n) is 1.49. The molecule has 0 bridgehead atoms. The molecule has 0 heterocycles. The van der Waals surface area contributed by atoms with Crippen molar-refractivity contribution in [2.24, 2.45) is 5.64 Å². The highest BCUT2D eigenvalue weighted by Gasteiger charge is 2.09. The maximum Gasteiger partial charge on any atom is 0.551 e. The Bertz CT molecular complexity index is 70.3. The fourth-order valence-corrected chi connectivity index (χ4v) is 0.548. The summed E-state index contributed by atoms with van der Waals surface area (Å²) in [5.74, 6) is 0.829. The lowest BCUT2D eigenvalue weighted by Crippen LogP contribution is -2.35. The fourth-order valence-electron chi connectivity index (χ4n) is 0.370. The molecule has 0 rings (SSSR count). The van der Waals surface area contributed by atoms with E-state index in [-0.39, 0.29) is 0 Å². The van der Waals surface area contributed by atoms with Crippen LogP contribution in [0.15, 0.2) is 0 Å². The lowest BCUT2D eigenvalue weighted by Gasteiger charge is -2.06. The highest BCUT2D eigenvalue weighted by Crippen LogP contribution is 1.85. The van der Waals surface area contributed by atoms with Crippen molar-refractivity contribution in [1.82, 2.24) is 0 Å². The van der Waals surface area contributed by atoms with Crippen LogP contribution in [-0.4, -0.2) is 32.2 Å². The van der Waals surface area contributed by atoms with Crippen molar-refractivity contribution in [1.29, 1.82) is 0 Å². The molecule has 0 atom stereocenters. The highest BCUT2D eigenvalue weighted by atomic mass is 35.5. The van der Waals surface area contributed by atoms with Crippen LogP contribution in [0.5, 0.6) is 0 Å². The van der Waals surface area contributed by atoms with Crippen molar-refractivity contribution in [3.63, 3.8) is 0 Å². The summed E-state index contributed by atoms with van der Waals surface area (Å²) < 4.78 is 9.72. The molecule has 0 radical (unpaired) electrons. The van der Waals surface area contributed by atoms with E-state index in [1.54, 1.807) is 0 Å². The molecule has 6 heteroatoms. The van der Waals surface area contributed by atoms with Crippen LogP contribution in [-0.2, 0) is 9.31 Å². The van der Waals surface area contributed by atoms with Gasteiger partial charge < -0.3 is 15.0 Å². The molecule has 0 spiro atoms. The van der Waals surface area contributed by atoms with Crippen molar-refractivity contribution in [2.45, 2.75) is 0 Å². The van der Waals surface area contributed by atoms with E-state index < -0.39 is 7.25 Å². The van der Waals surface area contributed by atoms with Crippen molar-refractivity contribution < 1.29 is 9.31 Å². The van der Waals surface area contributed by atoms with Gasteiger partial charge in [-0.25, -0.2) is 0 Å². The number of rotatable bonds is 6. The van der Waals surface area contributed by atoms with Gasteiger partial charge in [0, 0.05) is 25.0 Å². The van der Waals surface area contributed by atoms with Crippen LogP contribution >= 0.6 is 23.2 Å². The molecule has 0 saturated heterocycles. The zero-order valence-corrected chi connectivity index (χ0v) is 7.07. The molecule has 0 aliphatic carbocycles. The number of alkyl halides is 2. The van der Waals surface area contributed by atoms with Gasteiger partial charge in [-0.3, -0.25) is 0 Å². The van der Waals surface area contributed by atoms with Gasteiger partial charge in [-0.15, -0.1) is 23.2 Å². The molecule has 0 aromatic heterocycles. The van der Waals surface area contributed by atoms with E-state index in [9.17, 15) is 0 Å². The Kier molecular flexibility index (Phi) is 8.03. The molecule has 60 valence electrons. The SMILES string of the molecule is NB(OCCCl)OCCCl. The lowest BCUT2D eigenvalue weighted by atomic mass is 10.2. The molecule has 0 aliphatic heterocycles. The topological polar surface area (TPSA) is 44.5 Å². The minimum atomic E-state index is -0.697. The first-order valence-corrected chi connectivity index (χ1v) is 3.99. The van der Waals surface area contributed by atoms with Gasteiger partial charge in [0.15, 0.2) is 0 Å². The van der Waals surface area contributed by atoms with E-state index in [4.69, 9.17) is 38.2 Å². The van der Waals surface area contributed by atoms with Gasteiger partial charge in [0.05, 0.1) is 0 Å². The third-order valence-electron chi connectivity index (χ3n) is 0.719. The summed E-state index contributed by atoms with van der Waals surface area (Å²) in [7, 11) is -0.697. The van der Waals surface area contributed by atoms with Gasteiger partial charge in [-0.05, 0) is 0 Å². The predicted octanol–water partition coefficient (Wildman–Crippen LogP) is 0.441. The van der Waals surface area contributed by atoms with Gasteiger partial charge in [-0.2, -0.15) is 0 Å². The Labute approximate surface area is 70.9 Å². The molecular formula is C4H10BCl2NO2. The molecule has 0 aliphatic rings. The minimum absolute atomic E-state index is 0.394. The molecule has 3 nitrogen and oxygen atoms in total.